The Morgan fingerprint density at radius 1 is 1.03 bits per heavy atom. The Kier molecular flexibility index (Phi) is 6.87. The smallest absolute Gasteiger partial charge is 0.412 e. The first kappa shape index (κ1) is 22.9. The summed E-state index contributed by atoms with van der Waals surface area (Å²) in [5.41, 5.74) is 1.54. The number of carbonyl (C=O) groups is 2. The van der Waals surface area contributed by atoms with Gasteiger partial charge in [0.05, 0.1) is 11.4 Å². The van der Waals surface area contributed by atoms with Crippen LogP contribution in [0.15, 0.2) is 46.9 Å². The van der Waals surface area contributed by atoms with Crippen molar-refractivity contribution < 1.29 is 23.1 Å². The summed E-state index contributed by atoms with van der Waals surface area (Å²) in [7, 11) is 0. The standard InChI is InChI=1S/C23H25FN4O4/c1-14-5-7-15(8-6-14)21-28-27-20(31-21)12-11-19(29)25-18-13-16(24)9-10-17(18)26-22(30)32-23(2,3)4/h5-10,13H,11-12H2,1-4H3,(H,25,29)(H,26,30). The molecule has 0 atom stereocenters. The Morgan fingerprint density at radius 3 is 2.44 bits per heavy atom. The molecule has 0 spiro atoms. The summed E-state index contributed by atoms with van der Waals surface area (Å²) >= 11 is 0. The summed E-state index contributed by atoms with van der Waals surface area (Å²) in [4.78, 5) is 24.4. The van der Waals surface area contributed by atoms with Gasteiger partial charge in [-0.25, -0.2) is 9.18 Å². The Hall–Kier alpha value is -3.75. The monoisotopic (exact) mass is 440 g/mol. The first-order chi connectivity index (χ1) is 15.1. The molecule has 3 rings (SSSR count). The minimum Gasteiger partial charge on any atom is -0.444 e. The van der Waals surface area contributed by atoms with Crippen molar-refractivity contribution >= 4 is 23.4 Å². The maximum atomic E-state index is 13.7. The van der Waals surface area contributed by atoms with Gasteiger partial charge in [0.2, 0.25) is 17.7 Å². The Morgan fingerprint density at radius 2 is 1.75 bits per heavy atom. The minimum absolute atomic E-state index is 0.0257. The third kappa shape index (κ3) is 6.63. The highest BCUT2D eigenvalue weighted by Crippen LogP contribution is 2.24. The summed E-state index contributed by atoms with van der Waals surface area (Å²) in [5.74, 6) is -0.288. The molecule has 0 aliphatic carbocycles. The molecule has 2 amide bonds. The molecule has 168 valence electrons. The summed E-state index contributed by atoms with van der Waals surface area (Å²) < 4.78 is 24.5. The van der Waals surface area contributed by atoms with E-state index in [0.717, 1.165) is 17.2 Å². The van der Waals surface area contributed by atoms with Crippen molar-refractivity contribution in [1.82, 2.24) is 10.2 Å². The van der Waals surface area contributed by atoms with Gasteiger partial charge in [-0.05, 0) is 58.0 Å². The lowest BCUT2D eigenvalue weighted by atomic mass is 10.1. The molecule has 2 N–H and O–H groups in total. The quantitative estimate of drug-likeness (QED) is 0.552. The van der Waals surface area contributed by atoms with E-state index in [2.05, 4.69) is 20.8 Å². The summed E-state index contributed by atoms with van der Waals surface area (Å²) in [5, 5.41) is 13.1. The van der Waals surface area contributed by atoms with Crippen LogP contribution in [-0.4, -0.2) is 27.8 Å². The lowest BCUT2D eigenvalue weighted by molar-refractivity contribution is -0.116. The van der Waals surface area contributed by atoms with Crippen molar-refractivity contribution in [2.24, 2.45) is 0 Å². The van der Waals surface area contributed by atoms with E-state index in [1.54, 1.807) is 20.8 Å². The zero-order valence-corrected chi connectivity index (χ0v) is 18.4. The molecule has 3 aromatic rings. The van der Waals surface area contributed by atoms with Gasteiger partial charge in [0.25, 0.3) is 0 Å². The van der Waals surface area contributed by atoms with Crippen molar-refractivity contribution in [2.75, 3.05) is 10.6 Å². The molecule has 1 heterocycles. The number of nitrogens with zero attached hydrogens (tertiary/aromatic N) is 2. The number of halogens is 1. The average molecular weight is 440 g/mol. The Balaban J connectivity index is 1.61. The van der Waals surface area contributed by atoms with E-state index < -0.39 is 23.4 Å². The molecule has 8 nitrogen and oxygen atoms in total. The van der Waals surface area contributed by atoms with Crippen LogP contribution in [0.1, 0.15) is 38.6 Å². The van der Waals surface area contributed by atoms with Crippen LogP contribution >= 0.6 is 0 Å². The number of rotatable bonds is 6. The number of anilines is 2. The topological polar surface area (TPSA) is 106 Å². The van der Waals surface area contributed by atoms with E-state index in [1.807, 2.05) is 31.2 Å². The lowest BCUT2D eigenvalue weighted by Gasteiger charge is -2.20. The van der Waals surface area contributed by atoms with Crippen molar-refractivity contribution in [1.29, 1.82) is 0 Å². The van der Waals surface area contributed by atoms with Gasteiger partial charge in [0, 0.05) is 18.4 Å². The molecule has 0 saturated carbocycles. The minimum atomic E-state index is -0.714. The van der Waals surface area contributed by atoms with E-state index >= 15 is 0 Å². The highest BCUT2D eigenvalue weighted by Gasteiger charge is 2.18. The summed E-state index contributed by atoms with van der Waals surface area (Å²) in [6.45, 7) is 7.15. The predicted molar refractivity (Wildman–Crippen MR) is 118 cm³/mol. The van der Waals surface area contributed by atoms with Gasteiger partial charge in [-0.3, -0.25) is 10.1 Å². The largest absolute Gasteiger partial charge is 0.444 e. The van der Waals surface area contributed by atoms with Crippen LogP contribution in [0, 0.1) is 12.7 Å². The normalized spacial score (nSPS) is 11.2. The number of nitrogens with one attached hydrogen (secondary N) is 2. The van der Waals surface area contributed by atoms with Crippen molar-refractivity contribution in [2.45, 2.75) is 46.1 Å². The SMILES string of the molecule is Cc1ccc(-c2nnc(CCC(=O)Nc3cc(F)ccc3NC(=O)OC(C)(C)C)o2)cc1. The van der Waals surface area contributed by atoms with Crippen LogP contribution < -0.4 is 10.6 Å². The molecule has 0 aliphatic rings. The second kappa shape index (κ2) is 9.59. The zero-order chi connectivity index (χ0) is 23.3. The van der Waals surface area contributed by atoms with Crippen LogP contribution in [0.25, 0.3) is 11.5 Å². The molecule has 0 bridgehead atoms. The number of hydrogen-bond donors (Lipinski definition) is 2. The van der Waals surface area contributed by atoms with Crippen LogP contribution in [0.2, 0.25) is 0 Å². The van der Waals surface area contributed by atoms with E-state index in [4.69, 9.17) is 9.15 Å². The number of benzene rings is 2. The van der Waals surface area contributed by atoms with Crippen LogP contribution in [-0.2, 0) is 16.0 Å². The third-order valence-corrected chi connectivity index (χ3v) is 4.22. The van der Waals surface area contributed by atoms with Gasteiger partial charge in [0.1, 0.15) is 11.4 Å². The van der Waals surface area contributed by atoms with E-state index in [9.17, 15) is 14.0 Å². The highest BCUT2D eigenvalue weighted by atomic mass is 19.1. The predicted octanol–water partition coefficient (Wildman–Crippen LogP) is 5.10. The van der Waals surface area contributed by atoms with Gasteiger partial charge in [-0.2, -0.15) is 0 Å². The fraction of sp³-hybridized carbons (Fsp3) is 0.304. The van der Waals surface area contributed by atoms with Crippen LogP contribution in [0.3, 0.4) is 0 Å². The Labute approximate surface area is 185 Å². The maximum absolute atomic E-state index is 13.7. The number of carbonyl (C=O) groups excluding carboxylic acids is 2. The van der Waals surface area contributed by atoms with Gasteiger partial charge in [-0.15, -0.1) is 10.2 Å². The second-order valence-corrected chi connectivity index (χ2v) is 8.23. The maximum Gasteiger partial charge on any atom is 0.412 e. The van der Waals surface area contributed by atoms with Gasteiger partial charge in [-0.1, -0.05) is 17.7 Å². The molecular weight excluding hydrogens is 415 g/mol. The van der Waals surface area contributed by atoms with E-state index in [0.29, 0.717) is 11.8 Å². The number of aryl methyl sites for hydroxylation is 2. The molecule has 2 aromatic carbocycles. The molecule has 0 saturated heterocycles. The van der Waals surface area contributed by atoms with Crippen LogP contribution in [0.5, 0.6) is 0 Å². The first-order valence-corrected chi connectivity index (χ1v) is 10.1. The van der Waals surface area contributed by atoms with Gasteiger partial charge < -0.3 is 14.5 Å². The zero-order valence-electron chi connectivity index (χ0n) is 18.4. The molecular formula is C23H25FN4O4. The van der Waals surface area contributed by atoms with Gasteiger partial charge >= 0.3 is 6.09 Å². The molecule has 9 heteroatoms. The van der Waals surface area contributed by atoms with Gasteiger partial charge in [0.15, 0.2) is 0 Å². The van der Waals surface area contributed by atoms with Crippen LogP contribution in [0.4, 0.5) is 20.6 Å². The fourth-order valence-electron chi connectivity index (χ4n) is 2.74. The summed E-state index contributed by atoms with van der Waals surface area (Å²) in [6, 6.07) is 11.3. The third-order valence-electron chi connectivity index (χ3n) is 4.22. The molecule has 32 heavy (non-hydrogen) atoms. The Bertz CT molecular complexity index is 1100. The molecule has 0 unspecified atom stereocenters. The number of hydrogen-bond acceptors (Lipinski definition) is 6. The first-order valence-electron chi connectivity index (χ1n) is 10.1. The highest BCUT2D eigenvalue weighted by molar-refractivity contribution is 5.97. The number of aromatic nitrogens is 2. The molecule has 0 aliphatic heterocycles. The van der Waals surface area contributed by atoms with E-state index in [1.165, 1.54) is 12.1 Å². The fourth-order valence-corrected chi connectivity index (χ4v) is 2.74. The number of ether oxygens (including phenoxy) is 1. The van der Waals surface area contributed by atoms with Crippen molar-refractivity contribution in [3.8, 4) is 11.5 Å². The molecule has 0 radical (unpaired) electrons. The van der Waals surface area contributed by atoms with E-state index in [-0.39, 0.29) is 24.2 Å². The van der Waals surface area contributed by atoms with Crippen molar-refractivity contribution in [3.63, 3.8) is 0 Å². The molecule has 1 aromatic heterocycles. The second-order valence-electron chi connectivity index (χ2n) is 8.23. The number of amides is 2. The summed E-state index contributed by atoms with van der Waals surface area (Å²) in [6.07, 6.45) is -0.485. The van der Waals surface area contributed by atoms with Crippen molar-refractivity contribution in [3.05, 3.63) is 59.7 Å². The average Bonchev–Trinajstić information content (AvgIpc) is 3.17. The molecule has 0 fully saturated rings. The lowest BCUT2D eigenvalue weighted by Crippen LogP contribution is -2.27.